The molecule has 14 heavy (non-hydrogen) atoms. The van der Waals surface area contributed by atoms with Crippen LogP contribution in [0.4, 0.5) is 0 Å². The normalized spacial score (nSPS) is 24.1. The van der Waals surface area contributed by atoms with Gasteiger partial charge in [0.15, 0.2) is 0 Å². The number of amides is 1. The molecule has 0 saturated carbocycles. The van der Waals surface area contributed by atoms with Gasteiger partial charge in [-0.1, -0.05) is 0 Å². The first-order valence-electron chi connectivity index (χ1n) is 5.05. The summed E-state index contributed by atoms with van der Waals surface area (Å²) in [6, 6.07) is 0. The van der Waals surface area contributed by atoms with Crippen molar-refractivity contribution in [2.24, 2.45) is 5.73 Å². The van der Waals surface area contributed by atoms with Gasteiger partial charge in [0.25, 0.3) is 0 Å². The number of primary amides is 1. The van der Waals surface area contributed by atoms with Crippen molar-refractivity contribution in [1.29, 1.82) is 0 Å². The third-order valence-electron chi connectivity index (χ3n) is 2.13. The zero-order valence-electron chi connectivity index (χ0n) is 9.25. The zero-order chi connectivity index (χ0) is 10.8. The van der Waals surface area contributed by atoms with Gasteiger partial charge in [0.1, 0.15) is 0 Å². The van der Waals surface area contributed by atoms with Crippen LogP contribution in [0.15, 0.2) is 0 Å². The number of hydrogen-bond donors (Lipinski definition) is 1. The first-order valence-corrected chi connectivity index (χ1v) is 5.05. The second kappa shape index (κ2) is 4.28. The lowest BCUT2D eigenvalue weighted by Gasteiger charge is -2.24. The molecule has 0 radical (unpaired) electrons. The van der Waals surface area contributed by atoms with Gasteiger partial charge in [-0.25, -0.2) is 0 Å². The van der Waals surface area contributed by atoms with Crippen LogP contribution in [0.2, 0.25) is 0 Å². The van der Waals surface area contributed by atoms with Crippen molar-refractivity contribution in [2.75, 3.05) is 19.6 Å². The Kier molecular flexibility index (Phi) is 3.50. The summed E-state index contributed by atoms with van der Waals surface area (Å²) in [7, 11) is 0. The maximum absolute atomic E-state index is 10.7. The number of rotatable bonds is 3. The molecule has 1 aliphatic rings. The van der Waals surface area contributed by atoms with Crippen molar-refractivity contribution in [3.63, 3.8) is 0 Å². The summed E-state index contributed by atoms with van der Waals surface area (Å²) < 4.78 is 5.82. The fraction of sp³-hybridized carbons (Fsp3) is 0.900. The number of hydrogen-bond acceptors (Lipinski definition) is 3. The first-order chi connectivity index (χ1) is 6.37. The van der Waals surface area contributed by atoms with E-state index in [1.807, 2.05) is 25.7 Å². The molecule has 0 aliphatic carbocycles. The minimum Gasteiger partial charge on any atom is -0.371 e. The summed E-state index contributed by atoms with van der Waals surface area (Å²) in [4.78, 5) is 12.7. The molecule has 4 heteroatoms. The molecule has 1 amide bonds. The van der Waals surface area contributed by atoms with Gasteiger partial charge in [0, 0.05) is 13.1 Å². The van der Waals surface area contributed by atoms with E-state index in [0.29, 0.717) is 6.54 Å². The number of carbonyl (C=O) groups is 1. The molecule has 1 aliphatic heterocycles. The monoisotopic (exact) mass is 200 g/mol. The van der Waals surface area contributed by atoms with E-state index in [0.717, 1.165) is 19.5 Å². The molecule has 2 N–H and O–H groups in total. The summed E-state index contributed by atoms with van der Waals surface area (Å²) >= 11 is 0. The maximum Gasteiger partial charge on any atom is 0.231 e. The van der Waals surface area contributed by atoms with E-state index >= 15 is 0 Å². The Morgan fingerprint density at radius 1 is 1.57 bits per heavy atom. The van der Waals surface area contributed by atoms with Crippen LogP contribution in [0.5, 0.6) is 0 Å². The van der Waals surface area contributed by atoms with Crippen molar-refractivity contribution in [3.05, 3.63) is 0 Å². The number of ether oxygens (including phenoxy) is 1. The topological polar surface area (TPSA) is 55.6 Å². The Balaban J connectivity index is 2.31. The second-order valence-corrected chi connectivity index (χ2v) is 4.84. The summed E-state index contributed by atoms with van der Waals surface area (Å²) in [5, 5.41) is 0. The van der Waals surface area contributed by atoms with Crippen LogP contribution in [-0.2, 0) is 9.53 Å². The number of likely N-dealkylation sites (tertiary alicyclic amines) is 1. The van der Waals surface area contributed by atoms with Crippen molar-refractivity contribution in [2.45, 2.75) is 38.9 Å². The molecule has 0 aromatic rings. The molecule has 4 nitrogen and oxygen atoms in total. The molecule has 1 saturated heterocycles. The lowest BCUT2D eigenvalue weighted by Crippen LogP contribution is -2.34. The summed E-state index contributed by atoms with van der Waals surface area (Å²) in [6.45, 7) is 8.21. The number of carbonyl (C=O) groups excluding carboxylic acids is 1. The second-order valence-electron chi connectivity index (χ2n) is 4.84. The van der Waals surface area contributed by atoms with E-state index in [2.05, 4.69) is 0 Å². The molecule has 0 bridgehead atoms. The predicted octanol–water partition coefficient (Wildman–Crippen LogP) is 0.361. The molecule has 0 spiro atoms. The van der Waals surface area contributed by atoms with Crippen LogP contribution in [0.3, 0.4) is 0 Å². The average Bonchev–Trinajstić information content (AvgIpc) is 2.30. The molecular weight excluding hydrogens is 180 g/mol. The summed E-state index contributed by atoms with van der Waals surface area (Å²) in [5.41, 5.74) is 5.02. The Morgan fingerprint density at radius 2 is 2.21 bits per heavy atom. The Hall–Kier alpha value is -0.610. The number of nitrogens with two attached hydrogens (primary N) is 1. The van der Waals surface area contributed by atoms with E-state index in [1.165, 1.54) is 0 Å². The Labute approximate surface area is 85.4 Å². The highest BCUT2D eigenvalue weighted by atomic mass is 16.5. The molecule has 1 fully saturated rings. The molecule has 1 atom stereocenters. The molecule has 1 heterocycles. The summed E-state index contributed by atoms with van der Waals surface area (Å²) in [5.74, 6) is -0.263. The fourth-order valence-corrected chi connectivity index (χ4v) is 1.76. The molecular formula is C10H20N2O2. The maximum atomic E-state index is 10.7. The lowest BCUT2D eigenvalue weighted by atomic mass is 10.2. The highest BCUT2D eigenvalue weighted by Crippen LogP contribution is 2.18. The highest BCUT2D eigenvalue weighted by molar-refractivity contribution is 5.75. The quantitative estimate of drug-likeness (QED) is 0.715. The fourth-order valence-electron chi connectivity index (χ4n) is 1.76. The van der Waals surface area contributed by atoms with Crippen molar-refractivity contribution < 1.29 is 9.53 Å². The zero-order valence-corrected chi connectivity index (χ0v) is 9.25. The van der Waals surface area contributed by atoms with Crippen LogP contribution >= 0.6 is 0 Å². The van der Waals surface area contributed by atoms with Crippen LogP contribution in [0.1, 0.15) is 27.2 Å². The molecule has 82 valence electrons. The third-order valence-corrected chi connectivity index (χ3v) is 2.13. The largest absolute Gasteiger partial charge is 0.371 e. The van der Waals surface area contributed by atoms with E-state index < -0.39 is 0 Å². The third kappa shape index (κ3) is 4.07. The van der Waals surface area contributed by atoms with Gasteiger partial charge in [0.2, 0.25) is 5.91 Å². The number of nitrogens with zero attached hydrogens (tertiary/aromatic N) is 1. The van der Waals surface area contributed by atoms with Crippen LogP contribution in [0, 0.1) is 0 Å². The van der Waals surface area contributed by atoms with E-state index in [4.69, 9.17) is 10.5 Å². The van der Waals surface area contributed by atoms with Gasteiger partial charge in [-0.05, 0) is 27.2 Å². The van der Waals surface area contributed by atoms with Crippen molar-refractivity contribution >= 4 is 5.91 Å². The first kappa shape index (κ1) is 11.5. The minimum atomic E-state index is -0.263. The Morgan fingerprint density at radius 3 is 2.71 bits per heavy atom. The minimum absolute atomic E-state index is 0.104. The molecule has 1 rings (SSSR count). The van der Waals surface area contributed by atoms with Crippen LogP contribution in [-0.4, -0.2) is 42.1 Å². The average molecular weight is 200 g/mol. The van der Waals surface area contributed by atoms with E-state index in [9.17, 15) is 4.79 Å². The van der Waals surface area contributed by atoms with E-state index in [-0.39, 0.29) is 17.6 Å². The van der Waals surface area contributed by atoms with Gasteiger partial charge in [-0.3, -0.25) is 9.69 Å². The van der Waals surface area contributed by atoms with Gasteiger partial charge in [0.05, 0.1) is 18.2 Å². The highest BCUT2D eigenvalue weighted by Gasteiger charge is 2.27. The predicted molar refractivity (Wildman–Crippen MR) is 54.9 cm³/mol. The van der Waals surface area contributed by atoms with Gasteiger partial charge < -0.3 is 10.5 Å². The van der Waals surface area contributed by atoms with Gasteiger partial charge >= 0.3 is 0 Å². The van der Waals surface area contributed by atoms with Crippen molar-refractivity contribution in [3.8, 4) is 0 Å². The SMILES string of the molecule is CC(C)(C)O[C@@H]1CCN(CC(N)=O)C1. The van der Waals surface area contributed by atoms with Crippen LogP contribution < -0.4 is 5.73 Å². The molecule has 0 aromatic heterocycles. The van der Waals surface area contributed by atoms with Gasteiger partial charge in [-0.15, -0.1) is 0 Å². The Bertz CT molecular complexity index is 211. The lowest BCUT2D eigenvalue weighted by molar-refractivity contribution is -0.119. The molecule has 0 unspecified atom stereocenters. The van der Waals surface area contributed by atoms with Crippen LogP contribution in [0.25, 0.3) is 0 Å². The van der Waals surface area contributed by atoms with Gasteiger partial charge in [-0.2, -0.15) is 0 Å². The molecule has 0 aromatic carbocycles. The standard InChI is InChI=1S/C10H20N2O2/c1-10(2,3)14-8-4-5-12(6-8)7-9(11)13/h8H,4-7H2,1-3H3,(H2,11,13)/t8-/m1/s1. The summed E-state index contributed by atoms with van der Waals surface area (Å²) in [6.07, 6.45) is 1.24. The van der Waals surface area contributed by atoms with E-state index in [1.54, 1.807) is 0 Å². The smallest absolute Gasteiger partial charge is 0.231 e. The van der Waals surface area contributed by atoms with Crippen molar-refractivity contribution in [1.82, 2.24) is 4.90 Å².